The number of aryl methyl sites for hydroxylation is 2. The summed E-state index contributed by atoms with van der Waals surface area (Å²) in [5.74, 6) is 1.63. The lowest BCUT2D eigenvalue weighted by Gasteiger charge is -2.12. The van der Waals surface area contributed by atoms with Crippen molar-refractivity contribution in [2.24, 2.45) is 0 Å². The number of thiazole rings is 1. The molecular formula is C27H30N6O2S. The van der Waals surface area contributed by atoms with Crippen molar-refractivity contribution in [3.63, 3.8) is 0 Å². The number of amidine groups is 1. The first-order valence-corrected chi connectivity index (χ1v) is 12.4. The van der Waals surface area contributed by atoms with Crippen LogP contribution in [0.4, 0.5) is 10.7 Å². The summed E-state index contributed by atoms with van der Waals surface area (Å²) in [6, 6.07) is 17.7. The number of hydrogen-bond acceptors (Lipinski definition) is 8. The first-order valence-electron chi connectivity index (χ1n) is 11.6. The molecular weight excluding hydrogens is 472 g/mol. The van der Waals surface area contributed by atoms with E-state index in [9.17, 15) is 0 Å². The number of rotatable bonds is 10. The van der Waals surface area contributed by atoms with E-state index in [0.29, 0.717) is 24.5 Å². The van der Waals surface area contributed by atoms with E-state index >= 15 is 0 Å². The van der Waals surface area contributed by atoms with Crippen LogP contribution < -0.4 is 20.7 Å². The molecule has 2 aromatic heterocycles. The summed E-state index contributed by atoms with van der Waals surface area (Å²) in [5.41, 5.74) is 5.35. The molecule has 0 aliphatic heterocycles. The van der Waals surface area contributed by atoms with E-state index in [1.54, 1.807) is 6.20 Å². The van der Waals surface area contributed by atoms with Crippen LogP contribution >= 0.6 is 11.3 Å². The van der Waals surface area contributed by atoms with Crippen LogP contribution in [0, 0.1) is 19.3 Å². The summed E-state index contributed by atoms with van der Waals surface area (Å²) in [4.78, 5) is 9.01. The van der Waals surface area contributed by atoms with Crippen LogP contribution in [0.1, 0.15) is 22.5 Å². The van der Waals surface area contributed by atoms with Gasteiger partial charge in [-0.1, -0.05) is 35.6 Å². The molecule has 0 saturated heterocycles. The van der Waals surface area contributed by atoms with Crippen molar-refractivity contribution in [2.75, 3.05) is 30.8 Å². The fourth-order valence-corrected chi connectivity index (χ4v) is 4.48. The Labute approximate surface area is 214 Å². The number of aromatic nitrogens is 2. The van der Waals surface area contributed by atoms with Gasteiger partial charge < -0.3 is 25.8 Å². The molecule has 0 saturated carbocycles. The summed E-state index contributed by atoms with van der Waals surface area (Å²) in [7, 11) is 1.83. The molecule has 36 heavy (non-hydrogen) atoms. The Morgan fingerprint density at radius 1 is 1.08 bits per heavy atom. The van der Waals surface area contributed by atoms with Gasteiger partial charge in [-0.3, -0.25) is 10.4 Å². The normalized spacial score (nSPS) is 10.8. The Balaban J connectivity index is 1.46. The minimum Gasteiger partial charge on any atom is -0.455 e. The van der Waals surface area contributed by atoms with Gasteiger partial charge in [0, 0.05) is 37.1 Å². The molecule has 0 spiro atoms. The molecule has 0 fully saturated rings. The predicted molar refractivity (Wildman–Crippen MR) is 147 cm³/mol. The fourth-order valence-electron chi connectivity index (χ4n) is 3.55. The highest BCUT2D eigenvalue weighted by molar-refractivity contribution is 7.19. The Morgan fingerprint density at radius 3 is 2.56 bits per heavy atom. The number of benzene rings is 2. The molecule has 2 aromatic carbocycles. The van der Waals surface area contributed by atoms with E-state index < -0.39 is 0 Å². The molecule has 186 valence electrons. The zero-order chi connectivity index (χ0) is 25.5. The van der Waals surface area contributed by atoms with Crippen molar-refractivity contribution in [1.82, 2.24) is 15.3 Å². The molecule has 9 heteroatoms. The van der Waals surface area contributed by atoms with E-state index in [0.717, 1.165) is 43.8 Å². The zero-order valence-electron chi connectivity index (χ0n) is 20.6. The second-order valence-corrected chi connectivity index (χ2v) is 9.26. The maximum Gasteiger partial charge on any atom is 0.152 e. The molecule has 0 aliphatic rings. The highest BCUT2D eigenvalue weighted by Gasteiger charge is 2.16. The van der Waals surface area contributed by atoms with Crippen LogP contribution in [0.3, 0.4) is 0 Å². The number of aliphatic hydroxyl groups is 1. The third-order valence-corrected chi connectivity index (χ3v) is 6.59. The fraction of sp³-hybridized carbons (Fsp3) is 0.222. The Hall–Kier alpha value is -3.79. The topological polar surface area (TPSA) is 115 Å². The van der Waals surface area contributed by atoms with Crippen LogP contribution in [-0.2, 0) is 6.54 Å². The summed E-state index contributed by atoms with van der Waals surface area (Å²) >= 11 is 1.51. The standard InChI is InChI=1S/C27H30N6O2S/c1-17-14-21(9-11-23(17)35-22-10-4-18(2)31-16-22)32-25(28)24-27(29-3)36-26(33-24)20-7-5-19(6-8-20)15-30-12-13-34/h4-11,14,16,29-30,34H,12-13,15H2,1-3H3,(H2,28,32). The number of pyridine rings is 1. The third-order valence-electron chi connectivity index (χ3n) is 5.47. The van der Waals surface area contributed by atoms with E-state index in [1.165, 1.54) is 11.3 Å². The van der Waals surface area contributed by atoms with Gasteiger partial charge in [-0.15, -0.1) is 0 Å². The van der Waals surface area contributed by atoms with Crippen molar-refractivity contribution in [3.8, 4) is 22.1 Å². The highest BCUT2D eigenvalue weighted by atomic mass is 32.1. The summed E-state index contributed by atoms with van der Waals surface area (Å²) in [6.07, 6.45) is 1.71. The minimum absolute atomic E-state index is 0.120. The number of nitrogens with zero attached hydrogens (tertiary/aromatic N) is 2. The SMILES string of the molecule is CNc1sc(-c2ccc(CNCCO)cc2)nc1C(=N)Nc1ccc(Oc2ccc(C)nc2)c(C)c1. The zero-order valence-corrected chi connectivity index (χ0v) is 21.4. The molecule has 0 aliphatic carbocycles. The Bertz CT molecular complexity index is 1320. The molecule has 4 rings (SSSR count). The average molecular weight is 503 g/mol. The van der Waals surface area contributed by atoms with Crippen LogP contribution in [0.15, 0.2) is 60.8 Å². The molecule has 0 unspecified atom stereocenters. The quantitative estimate of drug-likeness (QED) is 0.115. The minimum atomic E-state index is 0.120. The molecule has 4 aromatic rings. The van der Waals surface area contributed by atoms with Gasteiger partial charge in [-0.05, 0) is 55.3 Å². The summed E-state index contributed by atoms with van der Waals surface area (Å²) in [5, 5.41) is 28.7. The molecule has 0 bridgehead atoms. The predicted octanol–water partition coefficient (Wildman–Crippen LogP) is 5.18. The maximum absolute atomic E-state index is 8.91. The first kappa shape index (κ1) is 25.3. The van der Waals surface area contributed by atoms with Gasteiger partial charge in [0.1, 0.15) is 27.2 Å². The van der Waals surface area contributed by atoms with Gasteiger partial charge >= 0.3 is 0 Å². The number of ether oxygens (including phenoxy) is 1. The first-order chi connectivity index (χ1) is 17.5. The molecule has 0 radical (unpaired) electrons. The third kappa shape index (κ3) is 6.25. The van der Waals surface area contributed by atoms with E-state index in [4.69, 9.17) is 20.2 Å². The van der Waals surface area contributed by atoms with Crippen molar-refractivity contribution in [1.29, 1.82) is 5.41 Å². The van der Waals surface area contributed by atoms with Gasteiger partial charge in [0.05, 0.1) is 12.8 Å². The molecule has 2 heterocycles. The lowest BCUT2D eigenvalue weighted by atomic mass is 10.1. The number of hydrogen-bond donors (Lipinski definition) is 5. The lowest BCUT2D eigenvalue weighted by molar-refractivity contribution is 0.292. The average Bonchev–Trinajstić information content (AvgIpc) is 3.32. The van der Waals surface area contributed by atoms with Crippen molar-refractivity contribution in [3.05, 3.63) is 83.3 Å². The lowest BCUT2D eigenvalue weighted by Crippen LogP contribution is -2.17. The van der Waals surface area contributed by atoms with Crippen LogP contribution in [0.25, 0.3) is 10.6 Å². The van der Waals surface area contributed by atoms with Crippen molar-refractivity contribution >= 4 is 27.9 Å². The summed E-state index contributed by atoms with van der Waals surface area (Å²) in [6.45, 7) is 5.29. The van der Waals surface area contributed by atoms with Gasteiger partial charge in [0.2, 0.25) is 0 Å². The van der Waals surface area contributed by atoms with E-state index in [-0.39, 0.29) is 12.4 Å². The molecule has 0 atom stereocenters. The van der Waals surface area contributed by atoms with Gasteiger partial charge in [0.25, 0.3) is 0 Å². The smallest absolute Gasteiger partial charge is 0.152 e. The monoisotopic (exact) mass is 502 g/mol. The van der Waals surface area contributed by atoms with Crippen LogP contribution in [-0.4, -0.2) is 41.1 Å². The molecule has 5 N–H and O–H groups in total. The maximum atomic E-state index is 8.91. The van der Waals surface area contributed by atoms with Gasteiger partial charge in [0.15, 0.2) is 5.84 Å². The van der Waals surface area contributed by atoms with Crippen molar-refractivity contribution in [2.45, 2.75) is 20.4 Å². The highest BCUT2D eigenvalue weighted by Crippen LogP contribution is 2.33. The van der Waals surface area contributed by atoms with Gasteiger partial charge in [-0.2, -0.15) is 0 Å². The number of nitrogens with one attached hydrogen (secondary N) is 4. The molecule has 8 nitrogen and oxygen atoms in total. The van der Waals surface area contributed by atoms with E-state index in [1.807, 2.05) is 75.5 Å². The van der Waals surface area contributed by atoms with Gasteiger partial charge in [-0.25, -0.2) is 4.98 Å². The van der Waals surface area contributed by atoms with E-state index in [2.05, 4.69) is 20.9 Å². The Kier molecular flexibility index (Phi) is 8.27. The number of anilines is 2. The molecule has 0 amide bonds. The second-order valence-electron chi connectivity index (χ2n) is 8.26. The van der Waals surface area contributed by atoms with Crippen LogP contribution in [0.5, 0.6) is 11.5 Å². The Morgan fingerprint density at radius 2 is 1.89 bits per heavy atom. The number of aliphatic hydroxyl groups excluding tert-OH is 1. The second kappa shape index (κ2) is 11.8. The van der Waals surface area contributed by atoms with Crippen molar-refractivity contribution < 1.29 is 9.84 Å². The largest absolute Gasteiger partial charge is 0.455 e. The summed E-state index contributed by atoms with van der Waals surface area (Å²) < 4.78 is 5.95. The van der Waals surface area contributed by atoms with Crippen LogP contribution in [0.2, 0.25) is 0 Å².